The van der Waals surface area contributed by atoms with Gasteiger partial charge in [0, 0.05) is 13.0 Å². The topological polar surface area (TPSA) is 38.3 Å². The zero-order valence-electron chi connectivity index (χ0n) is 11.3. The number of hydrogen-bond donors (Lipinski definition) is 1. The molecule has 0 saturated heterocycles. The van der Waals surface area contributed by atoms with Gasteiger partial charge in [-0.3, -0.25) is 4.79 Å². The van der Waals surface area contributed by atoms with E-state index in [1.807, 2.05) is 42.5 Å². The SMILES string of the molecule is O=C(Cc1ccc2c(c1)CCO2)NCc1ccccc1. The summed E-state index contributed by atoms with van der Waals surface area (Å²) in [5.41, 5.74) is 3.36. The van der Waals surface area contributed by atoms with Crippen molar-refractivity contribution in [3.05, 3.63) is 65.2 Å². The Balaban J connectivity index is 1.56. The smallest absolute Gasteiger partial charge is 0.224 e. The number of hydrogen-bond acceptors (Lipinski definition) is 2. The Hall–Kier alpha value is -2.29. The lowest BCUT2D eigenvalue weighted by Gasteiger charge is -2.06. The lowest BCUT2D eigenvalue weighted by atomic mass is 10.1. The van der Waals surface area contributed by atoms with E-state index in [0.29, 0.717) is 13.0 Å². The maximum absolute atomic E-state index is 11.9. The molecule has 3 heteroatoms. The van der Waals surface area contributed by atoms with Gasteiger partial charge in [-0.05, 0) is 22.8 Å². The number of nitrogens with one attached hydrogen (secondary N) is 1. The first kappa shape index (κ1) is 12.7. The summed E-state index contributed by atoms with van der Waals surface area (Å²) in [5.74, 6) is 1.01. The second kappa shape index (κ2) is 5.78. The zero-order valence-corrected chi connectivity index (χ0v) is 11.3. The van der Waals surface area contributed by atoms with E-state index in [1.165, 1.54) is 5.56 Å². The molecule has 0 radical (unpaired) electrons. The van der Waals surface area contributed by atoms with Gasteiger partial charge < -0.3 is 10.1 Å². The first-order valence-corrected chi connectivity index (χ1v) is 6.86. The Labute approximate surface area is 118 Å². The van der Waals surface area contributed by atoms with Crippen molar-refractivity contribution < 1.29 is 9.53 Å². The molecule has 0 saturated carbocycles. The van der Waals surface area contributed by atoms with Gasteiger partial charge in [-0.1, -0.05) is 42.5 Å². The van der Waals surface area contributed by atoms with Crippen LogP contribution in [0.2, 0.25) is 0 Å². The van der Waals surface area contributed by atoms with Crippen LogP contribution in [-0.4, -0.2) is 12.5 Å². The van der Waals surface area contributed by atoms with Gasteiger partial charge in [-0.25, -0.2) is 0 Å². The molecule has 1 N–H and O–H groups in total. The first-order valence-electron chi connectivity index (χ1n) is 6.86. The number of fused-ring (bicyclic) bond motifs is 1. The van der Waals surface area contributed by atoms with Crippen molar-refractivity contribution in [3.8, 4) is 5.75 Å². The van der Waals surface area contributed by atoms with Gasteiger partial charge in [-0.2, -0.15) is 0 Å². The van der Waals surface area contributed by atoms with Crippen molar-refractivity contribution in [2.45, 2.75) is 19.4 Å². The lowest BCUT2D eigenvalue weighted by Crippen LogP contribution is -2.24. The van der Waals surface area contributed by atoms with Crippen LogP contribution < -0.4 is 10.1 Å². The standard InChI is InChI=1S/C17H17NO2/c19-17(18-12-13-4-2-1-3-5-13)11-14-6-7-16-15(10-14)8-9-20-16/h1-7,10H,8-9,11-12H2,(H,18,19). The monoisotopic (exact) mass is 267 g/mol. The van der Waals surface area contributed by atoms with Gasteiger partial charge in [0.05, 0.1) is 13.0 Å². The molecule has 0 aliphatic carbocycles. The molecule has 3 nitrogen and oxygen atoms in total. The molecule has 0 spiro atoms. The van der Waals surface area contributed by atoms with E-state index in [2.05, 4.69) is 11.4 Å². The van der Waals surface area contributed by atoms with Crippen LogP contribution in [0, 0.1) is 0 Å². The van der Waals surface area contributed by atoms with E-state index in [9.17, 15) is 4.79 Å². The maximum Gasteiger partial charge on any atom is 0.224 e. The third kappa shape index (κ3) is 2.99. The summed E-state index contributed by atoms with van der Waals surface area (Å²) in [6, 6.07) is 15.9. The number of carbonyl (C=O) groups excluding carboxylic acids is 1. The number of ether oxygens (including phenoxy) is 1. The van der Waals surface area contributed by atoms with Crippen LogP contribution in [0.4, 0.5) is 0 Å². The van der Waals surface area contributed by atoms with Crippen LogP contribution in [0.3, 0.4) is 0 Å². The van der Waals surface area contributed by atoms with E-state index in [-0.39, 0.29) is 5.91 Å². The van der Waals surface area contributed by atoms with E-state index in [4.69, 9.17) is 4.74 Å². The van der Waals surface area contributed by atoms with Crippen molar-refractivity contribution in [2.75, 3.05) is 6.61 Å². The van der Waals surface area contributed by atoms with Gasteiger partial charge in [0.15, 0.2) is 0 Å². The highest BCUT2D eigenvalue weighted by Crippen LogP contribution is 2.25. The molecule has 2 aromatic rings. The highest BCUT2D eigenvalue weighted by atomic mass is 16.5. The average Bonchev–Trinajstić information content (AvgIpc) is 2.94. The summed E-state index contributed by atoms with van der Waals surface area (Å²) in [4.78, 5) is 11.9. The summed E-state index contributed by atoms with van der Waals surface area (Å²) < 4.78 is 5.46. The van der Waals surface area contributed by atoms with Gasteiger partial charge in [0.1, 0.15) is 5.75 Å². The van der Waals surface area contributed by atoms with Crippen LogP contribution in [0.5, 0.6) is 5.75 Å². The van der Waals surface area contributed by atoms with Gasteiger partial charge in [0.25, 0.3) is 0 Å². The Kier molecular flexibility index (Phi) is 3.68. The van der Waals surface area contributed by atoms with Crippen LogP contribution >= 0.6 is 0 Å². The highest BCUT2D eigenvalue weighted by Gasteiger charge is 2.13. The zero-order chi connectivity index (χ0) is 13.8. The Morgan fingerprint density at radius 2 is 1.95 bits per heavy atom. The van der Waals surface area contributed by atoms with Crippen molar-refractivity contribution in [3.63, 3.8) is 0 Å². The predicted octanol–water partition coefficient (Wildman–Crippen LogP) is 2.48. The first-order chi connectivity index (χ1) is 9.81. The Bertz CT molecular complexity index is 608. The minimum Gasteiger partial charge on any atom is -0.493 e. The summed E-state index contributed by atoms with van der Waals surface area (Å²) >= 11 is 0. The van der Waals surface area contributed by atoms with Crippen molar-refractivity contribution in [2.24, 2.45) is 0 Å². The average molecular weight is 267 g/mol. The summed E-state index contributed by atoms with van der Waals surface area (Å²) in [6.07, 6.45) is 1.36. The van der Waals surface area contributed by atoms with Crippen LogP contribution in [0.1, 0.15) is 16.7 Å². The molecule has 20 heavy (non-hydrogen) atoms. The molecule has 102 valence electrons. The minimum absolute atomic E-state index is 0.0488. The number of carbonyl (C=O) groups is 1. The summed E-state index contributed by atoms with van der Waals surface area (Å²) in [7, 11) is 0. The molecule has 1 aliphatic heterocycles. The number of rotatable bonds is 4. The quantitative estimate of drug-likeness (QED) is 0.924. The lowest BCUT2D eigenvalue weighted by molar-refractivity contribution is -0.120. The highest BCUT2D eigenvalue weighted by molar-refractivity contribution is 5.78. The van der Waals surface area contributed by atoms with E-state index < -0.39 is 0 Å². The van der Waals surface area contributed by atoms with E-state index in [1.54, 1.807) is 0 Å². The Morgan fingerprint density at radius 3 is 2.80 bits per heavy atom. The second-order valence-corrected chi connectivity index (χ2v) is 4.98. The fourth-order valence-corrected chi connectivity index (χ4v) is 2.39. The Morgan fingerprint density at radius 1 is 1.10 bits per heavy atom. The molecule has 0 fully saturated rings. The molecule has 0 bridgehead atoms. The molecule has 1 heterocycles. The number of benzene rings is 2. The fourth-order valence-electron chi connectivity index (χ4n) is 2.39. The molecule has 0 atom stereocenters. The maximum atomic E-state index is 11.9. The minimum atomic E-state index is 0.0488. The third-order valence-corrected chi connectivity index (χ3v) is 3.45. The van der Waals surface area contributed by atoms with Crippen molar-refractivity contribution in [1.29, 1.82) is 0 Å². The fraction of sp³-hybridized carbons (Fsp3) is 0.235. The van der Waals surface area contributed by atoms with Crippen LogP contribution in [0.25, 0.3) is 0 Å². The summed E-state index contributed by atoms with van der Waals surface area (Å²) in [6.45, 7) is 1.33. The molecule has 2 aromatic carbocycles. The van der Waals surface area contributed by atoms with Crippen molar-refractivity contribution >= 4 is 5.91 Å². The summed E-state index contributed by atoms with van der Waals surface area (Å²) in [5, 5.41) is 2.94. The van der Waals surface area contributed by atoms with Crippen LogP contribution in [-0.2, 0) is 24.2 Å². The number of amides is 1. The van der Waals surface area contributed by atoms with Gasteiger partial charge in [-0.15, -0.1) is 0 Å². The van der Waals surface area contributed by atoms with Gasteiger partial charge in [0.2, 0.25) is 5.91 Å². The van der Waals surface area contributed by atoms with Crippen molar-refractivity contribution in [1.82, 2.24) is 5.32 Å². The van der Waals surface area contributed by atoms with Gasteiger partial charge >= 0.3 is 0 Å². The second-order valence-electron chi connectivity index (χ2n) is 4.98. The molecule has 0 aromatic heterocycles. The molecule has 3 rings (SSSR count). The molecule has 1 aliphatic rings. The third-order valence-electron chi connectivity index (χ3n) is 3.45. The molecular weight excluding hydrogens is 250 g/mol. The largest absolute Gasteiger partial charge is 0.493 e. The van der Waals surface area contributed by atoms with E-state index in [0.717, 1.165) is 29.9 Å². The van der Waals surface area contributed by atoms with E-state index >= 15 is 0 Å². The predicted molar refractivity (Wildman–Crippen MR) is 77.6 cm³/mol. The molecular formula is C17H17NO2. The van der Waals surface area contributed by atoms with Crippen LogP contribution in [0.15, 0.2) is 48.5 Å². The molecule has 1 amide bonds. The molecule has 0 unspecified atom stereocenters. The normalized spacial score (nSPS) is 12.6.